The number of rotatable bonds is 4. The van der Waals surface area contributed by atoms with Crippen molar-refractivity contribution in [3.8, 4) is 0 Å². The van der Waals surface area contributed by atoms with Crippen molar-refractivity contribution < 1.29 is 9.53 Å². The highest BCUT2D eigenvalue weighted by atomic mass is 16.5. The monoisotopic (exact) mass is 237 g/mol. The second-order valence-corrected chi connectivity index (χ2v) is 4.14. The van der Waals surface area contributed by atoms with Gasteiger partial charge in [0.2, 0.25) is 0 Å². The van der Waals surface area contributed by atoms with Crippen LogP contribution in [-0.4, -0.2) is 30.6 Å². The molecule has 0 saturated carbocycles. The summed E-state index contributed by atoms with van der Waals surface area (Å²) in [4.78, 5) is 17.6. The third kappa shape index (κ3) is 3.34. The zero-order chi connectivity index (χ0) is 13.0. The lowest BCUT2D eigenvalue weighted by molar-refractivity contribution is -0.139. The fourth-order valence-electron chi connectivity index (χ4n) is 1.45. The summed E-state index contributed by atoms with van der Waals surface area (Å²) in [6.07, 6.45) is 0. The second-order valence-electron chi connectivity index (χ2n) is 4.14. The van der Waals surface area contributed by atoms with Gasteiger partial charge in [-0.05, 0) is 32.9 Å². The van der Waals surface area contributed by atoms with Gasteiger partial charge in [-0.1, -0.05) is 0 Å². The summed E-state index contributed by atoms with van der Waals surface area (Å²) in [6.45, 7) is 6.02. The van der Waals surface area contributed by atoms with Gasteiger partial charge in [0.05, 0.1) is 18.5 Å². The first-order chi connectivity index (χ1) is 7.95. The molecule has 0 aliphatic carbocycles. The van der Waals surface area contributed by atoms with Crippen molar-refractivity contribution in [1.82, 2.24) is 4.98 Å². The van der Waals surface area contributed by atoms with Gasteiger partial charge in [0.25, 0.3) is 0 Å². The lowest BCUT2D eigenvalue weighted by atomic mass is 10.2. The van der Waals surface area contributed by atoms with Gasteiger partial charge < -0.3 is 15.4 Å². The average molecular weight is 237 g/mol. The van der Waals surface area contributed by atoms with Crippen molar-refractivity contribution in [2.45, 2.75) is 26.8 Å². The van der Waals surface area contributed by atoms with Crippen LogP contribution in [0.25, 0.3) is 0 Å². The lowest BCUT2D eigenvalue weighted by Crippen LogP contribution is -2.37. The van der Waals surface area contributed by atoms with Gasteiger partial charge in [-0.2, -0.15) is 0 Å². The number of ether oxygens (including phenoxy) is 1. The van der Waals surface area contributed by atoms with Crippen molar-refractivity contribution in [3.63, 3.8) is 0 Å². The molecule has 94 valence electrons. The maximum Gasteiger partial charge on any atom is 0.325 e. The van der Waals surface area contributed by atoms with E-state index in [0.717, 1.165) is 11.5 Å². The number of esters is 1. The van der Waals surface area contributed by atoms with E-state index in [9.17, 15) is 4.79 Å². The van der Waals surface area contributed by atoms with E-state index in [1.54, 1.807) is 6.07 Å². The Morgan fingerprint density at radius 3 is 2.65 bits per heavy atom. The van der Waals surface area contributed by atoms with E-state index in [4.69, 9.17) is 5.73 Å². The minimum Gasteiger partial charge on any atom is -0.468 e. The predicted molar refractivity (Wildman–Crippen MR) is 67.9 cm³/mol. The van der Waals surface area contributed by atoms with Gasteiger partial charge in [-0.15, -0.1) is 0 Å². The Hall–Kier alpha value is -1.78. The molecule has 5 heteroatoms. The molecule has 1 rings (SSSR count). The van der Waals surface area contributed by atoms with E-state index in [1.165, 1.54) is 7.11 Å². The Morgan fingerprint density at radius 1 is 1.53 bits per heavy atom. The molecule has 5 nitrogen and oxygen atoms in total. The lowest BCUT2D eigenvalue weighted by Gasteiger charge is -2.26. The Bertz CT molecular complexity index is 405. The first kappa shape index (κ1) is 13.3. The molecule has 0 aromatic carbocycles. The maximum atomic E-state index is 11.3. The van der Waals surface area contributed by atoms with Gasteiger partial charge in [0.15, 0.2) is 0 Å². The molecule has 0 aliphatic heterocycles. The highest BCUT2D eigenvalue weighted by Crippen LogP contribution is 2.18. The summed E-state index contributed by atoms with van der Waals surface area (Å²) in [5.41, 5.74) is 7.13. The predicted octanol–water partition coefficient (Wildman–Crippen LogP) is 1.36. The molecule has 0 unspecified atom stereocenters. The smallest absolute Gasteiger partial charge is 0.325 e. The fraction of sp³-hybridized carbons (Fsp3) is 0.500. The SMILES string of the molecule is COC(=O)CN(c1ccc(N)c(C)n1)C(C)C. The number of aromatic nitrogens is 1. The van der Waals surface area contributed by atoms with E-state index in [0.29, 0.717) is 5.69 Å². The largest absolute Gasteiger partial charge is 0.468 e. The molecule has 0 bridgehead atoms. The summed E-state index contributed by atoms with van der Waals surface area (Å²) in [6, 6.07) is 3.76. The number of carbonyl (C=O) groups is 1. The van der Waals surface area contributed by atoms with Crippen LogP contribution in [0.3, 0.4) is 0 Å². The van der Waals surface area contributed by atoms with Crippen molar-refractivity contribution in [3.05, 3.63) is 17.8 Å². The van der Waals surface area contributed by atoms with Gasteiger partial charge >= 0.3 is 5.97 Å². The average Bonchev–Trinajstić information content (AvgIpc) is 2.29. The molecule has 2 N–H and O–H groups in total. The summed E-state index contributed by atoms with van der Waals surface area (Å²) in [7, 11) is 1.38. The van der Waals surface area contributed by atoms with Gasteiger partial charge in [-0.25, -0.2) is 4.98 Å². The van der Waals surface area contributed by atoms with Gasteiger partial charge in [-0.3, -0.25) is 4.79 Å². The number of nitrogen functional groups attached to an aromatic ring is 1. The standard InChI is InChI=1S/C12H19N3O2/c1-8(2)15(7-12(16)17-4)11-6-5-10(13)9(3)14-11/h5-6,8H,7,13H2,1-4H3. The third-order valence-electron chi connectivity index (χ3n) is 2.56. The molecule has 1 aromatic rings. The molecule has 0 atom stereocenters. The minimum atomic E-state index is -0.282. The van der Waals surface area contributed by atoms with Crippen molar-refractivity contribution >= 4 is 17.5 Å². The molecule has 0 amide bonds. The number of methoxy groups -OCH3 is 1. The van der Waals surface area contributed by atoms with E-state index in [1.807, 2.05) is 31.7 Å². The third-order valence-corrected chi connectivity index (χ3v) is 2.56. The highest BCUT2D eigenvalue weighted by Gasteiger charge is 2.16. The molecular weight excluding hydrogens is 218 g/mol. The number of nitrogens with two attached hydrogens (primary N) is 1. The number of hydrogen-bond donors (Lipinski definition) is 1. The van der Waals surface area contributed by atoms with Crippen LogP contribution in [0.4, 0.5) is 11.5 Å². The number of hydrogen-bond acceptors (Lipinski definition) is 5. The molecule has 1 heterocycles. The van der Waals surface area contributed by atoms with Crippen molar-refractivity contribution in [1.29, 1.82) is 0 Å². The van der Waals surface area contributed by atoms with Crippen LogP contribution in [0.1, 0.15) is 19.5 Å². The number of aryl methyl sites for hydroxylation is 1. The number of anilines is 2. The second kappa shape index (κ2) is 5.52. The zero-order valence-corrected chi connectivity index (χ0v) is 10.7. The molecule has 0 radical (unpaired) electrons. The Labute approximate surface area is 102 Å². The van der Waals surface area contributed by atoms with Crippen LogP contribution >= 0.6 is 0 Å². The summed E-state index contributed by atoms with van der Waals surface area (Å²) in [5, 5.41) is 0. The van der Waals surface area contributed by atoms with E-state index >= 15 is 0 Å². The van der Waals surface area contributed by atoms with E-state index in [2.05, 4.69) is 9.72 Å². The normalized spacial score (nSPS) is 10.4. The Balaban J connectivity index is 2.97. The quantitative estimate of drug-likeness (QED) is 0.801. The van der Waals surface area contributed by atoms with Gasteiger partial charge in [0.1, 0.15) is 12.4 Å². The van der Waals surface area contributed by atoms with Crippen LogP contribution < -0.4 is 10.6 Å². The molecule has 1 aromatic heterocycles. The van der Waals surface area contributed by atoms with Crippen LogP contribution in [0, 0.1) is 6.92 Å². The molecule has 0 saturated heterocycles. The first-order valence-electron chi connectivity index (χ1n) is 5.52. The van der Waals surface area contributed by atoms with Gasteiger partial charge in [0, 0.05) is 6.04 Å². The fourth-order valence-corrected chi connectivity index (χ4v) is 1.45. The summed E-state index contributed by atoms with van der Waals surface area (Å²) in [5.74, 6) is 0.451. The molecular formula is C12H19N3O2. The van der Waals surface area contributed by atoms with Crippen LogP contribution in [-0.2, 0) is 9.53 Å². The Morgan fingerprint density at radius 2 is 2.18 bits per heavy atom. The highest BCUT2D eigenvalue weighted by molar-refractivity contribution is 5.75. The molecule has 0 spiro atoms. The maximum absolute atomic E-state index is 11.3. The molecule has 0 aliphatic rings. The summed E-state index contributed by atoms with van der Waals surface area (Å²) < 4.78 is 4.67. The minimum absolute atomic E-state index is 0.157. The number of nitrogens with zero attached hydrogens (tertiary/aromatic N) is 2. The molecule has 17 heavy (non-hydrogen) atoms. The van der Waals surface area contributed by atoms with E-state index < -0.39 is 0 Å². The van der Waals surface area contributed by atoms with Crippen LogP contribution in [0.5, 0.6) is 0 Å². The van der Waals surface area contributed by atoms with Crippen LogP contribution in [0.2, 0.25) is 0 Å². The first-order valence-corrected chi connectivity index (χ1v) is 5.52. The number of carbonyl (C=O) groups excluding carboxylic acids is 1. The number of pyridine rings is 1. The summed E-state index contributed by atoms with van der Waals surface area (Å²) >= 11 is 0. The van der Waals surface area contributed by atoms with E-state index in [-0.39, 0.29) is 18.6 Å². The van der Waals surface area contributed by atoms with Crippen molar-refractivity contribution in [2.75, 3.05) is 24.3 Å². The zero-order valence-electron chi connectivity index (χ0n) is 10.7. The Kier molecular flexibility index (Phi) is 4.31. The topological polar surface area (TPSA) is 68.5 Å². The van der Waals surface area contributed by atoms with Crippen LogP contribution in [0.15, 0.2) is 12.1 Å². The molecule has 0 fully saturated rings. The van der Waals surface area contributed by atoms with Crippen molar-refractivity contribution in [2.24, 2.45) is 0 Å².